The van der Waals surface area contributed by atoms with Crippen molar-refractivity contribution in [1.82, 2.24) is 5.32 Å². The van der Waals surface area contributed by atoms with E-state index in [1.165, 1.54) is 11.8 Å². The van der Waals surface area contributed by atoms with E-state index in [1.807, 2.05) is 6.92 Å². The summed E-state index contributed by atoms with van der Waals surface area (Å²) in [6.45, 7) is 12.0. The third kappa shape index (κ3) is 5.76. The van der Waals surface area contributed by atoms with Crippen molar-refractivity contribution in [3.8, 4) is 0 Å². The lowest BCUT2D eigenvalue weighted by molar-refractivity contribution is -0.205. The third-order valence-electron chi connectivity index (χ3n) is 11.6. The van der Waals surface area contributed by atoms with E-state index in [-0.39, 0.29) is 46.0 Å². The highest BCUT2D eigenvalue weighted by Gasteiger charge is 2.68. The molecular formula is C31H50N2O7S. The first-order valence-electron chi connectivity index (χ1n) is 15.2. The number of carbonyl (C=O) groups is 3. The first-order valence-corrected chi connectivity index (χ1v) is 16.3. The Morgan fingerprint density at radius 2 is 1.93 bits per heavy atom. The molecule has 9 nitrogen and oxygen atoms in total. The number of carbonyl (C=O) groups excluding carboxylic acids is 3. The Balaban J connectivity index is 1.52. The van der Waals surface area contributed by atoms with Crippen LogP contribution in [0.1, 0.15) is 79.1 Å². The lowest BCUT2D eigenvalue weighted by atomic mass is 9.44. The second-order valence-electron chi connectivity index (χ2n) is 13.8. The van der Waals surface area contributed by atoms with Crippen molar-refractivity contribution >= 4 is 29.4 Å². The highest BCUT2D eigenvalue weighted by atomic mass is 32.2. The molecule has 2 unspecified atom stereocenters. The molecule has 4 saturated carbocycles. The number of thioether (sulfide) groups is 1. The highest BCUT2D eigenvalue weighted by molar-refractivity contribution is 8.00. The van der Waals surface area contributed by atoms with E-state index in [2.05, 4.69) is 32.7 Å². The van der Waals surface area contributed by atoms with Crippen LogP contribution in [0, 0.1) is 34.0 Å². The van der Waals surface area contributed by atoms with Gasteiger partial charge >= 0.3 is 5.97 Å². The van der Waals surface area contributed by atoms with Gasteiger partial charge in [-0.1, -0.05) is 33.8 Å². The summed E-state index contributed by atoms with van der Waals surface area (Å²) in [5.41, 5.74) is 4.03. The van der Waals surface area contributed by atoms with Crippen molar-refractivity contribution in [2.75, 3.05) is 12.4 Å². The van der Waals surface area contributed by atoms with Gasteiger partial charge in [0.05, 0.1) is 24.6 Å². The molecule has 2 bridgehead atoms. The first kappa shape index (κ1) is 32.5. The van der Waals surface area contributed by atoms with Gasteiger partial charge in [-0.3, -0.25) is 14.4 Å². The van der Waals surface area contributed by atoms with Crippen molar-refractivity contribution in [2.45, 2.75) is 115 Å². The van der Waals surface area contributed by atoms with Crippen LogP contribution in [0.15, 0.2) is 12.7 Å². The Morgan fingerprint density at radius 1 is 1.22 bits per heavy atom. The minimum absolute atomic E-state index is 0.0209. The zero-order valence-corrected chi connectivity index (χ0v) is 25.8. The maximum Gasteiger partial charge on any atom is 0.316 e. The van der Waals surface area contributed by atoms with Crippen molar-refractivity contribution in [2.24, 2.45) is 39.7 Å². The van der Waals surface area contributed by atoms with E-state index in [4.69, 9.17) is 15.6 Å². The molecule has 1 amide bonds. The normalized spacial score (nSPS) is 45.1. The van der Waals surface area contributed by atoms with Crippen LogP contribution in [0.2, 0.25) is 0 Å². The number of Topliss-reactive ketones (excluding diaryl/α,β-unsaturated/α-hetero) is 1. The number of hydrogen-bond acceptors (Lipinski definition) is 9. The molecule has 4 rings (SSSR count). The van der Waals surface area contributed by atoms with Crippen LogP contribution in [0.4, 0.5) is 0 Å². The van der Waals surface area contributed by atoms with Gasteiger partial charge in [0.2, 0.25) is 5.91 Å². The van der Waals surface area contributed by atoms with Crippen LogP contribution in [-0.2, 0) is 19.1 Å². The topological polar surface area (TPSA) is 159 Å². The van der Waals surface area contributed by atoms with Gasteiger partial charge in [-0.25, -0.2) is 0 Å². The molecule has 0 saturated heterocycles. The number of esters is 1. The molecule has 6 N–H and O–H groups in total. The van der Waals surface area contributed by atoms with Gasteiger partial charge < -0.3 is 31.1 Å². The predicted molar refractivity (Wildman–Crippen MR) is 158 cm³/mol. The van der Waals surface area contributed by atoms with Crippen LogP contribution < -0.4 is 11.1 Å². The lowest BCUT2D eigenvalue weighted by Crippen LogP contribution is -2.63. The second-order valence-corrected chi connectivity index (χ2v) is 15.0. The molecule has 0 spiro atoms. The molecule has 4 aliphatic carbocycles. The number of nitrogens with two attached hydrogens (primary N) is 1. The Bertz CT molecular complexity index is 1030. The standard InChI is InChI=1S/C31H50N2O7S/c1-6-29(4)14-24(30(5)17(2)9-11-31(18(3)27(29)38)12-10-22(36)26(30)31)40-25(37)16-41-23-13-19(7-8-21(23)35)33-28(39)20(32)15-34/h6,17-21,23-24,26-27,34-35,38H,1,7-16,32H2,2-5H3,(H,33,39)/t17?,18-,19-,20+,21-,23+,24+,26-,27-,29+,30-,31?/m0/s1. The Hall–Kier alpha value is -1.46. The van der Waals surface area contributed by atoms with Gasteiger partial charge in [0.1, 0.15) is 17.9 Å². The SMILES string of the molecule is C=C[C@]1(C)C[C@@H](OC(=O)CS[C@@H]2C[C@@H](NC(=O)[C@H](N)CO)CC[C@@H]2O)[C@]2(C)C(C)CCC3(CCC(=O)[C@H]32)[C@@H](C)[C@@H]1O. The molecule has 232 valence electrons. The van der Waals surface area contributed by atoms with E-state index in [9.17, 15) is 24.6 Å². The summed E-state index contributed by atoms with van der Waals surface area (Å²) in [7, 11) is 0. The van der Waals surface area contributed by atoms with Gasteiger partial charge in [-0.05, 0) is 62.2 Å². The highest BCUT2D eigenvalue weighted by Crippen LogP contribution is 2.68. The zero-order valence-electron chi connectivity index (χ0n) is 25.0. The van der Waals surface area contributed by atoms with Gasteiger partial charge in [-0.2, -0.15) is 0 Å². The van der Waals surface area contributed by atoms with E-state index in [0.717, 1.165) is 19.3 Å². The van der Waals surface area contributed by atoms with E-state index >= 15 is 0 Å². The minimum Gasteiger partial charge on any atom is -0.461 e. The van der Waals surface area contributed by atoms with E-state index in [1.54, 1.807) is 6.08 Å². The Labute approximate surface area is 248 Å². The smallest absolute Gasteiger partial charge is 0.316 e. The summed E-state index contributed by atoms with van der Waals surface area (Å²) in [4.78, 5) is 39.2. The van der Waals surface area contributed by atoms with Crippen molar-refractivity contribution in [3.63, 3.8) is 0 Å². The average molecular weight is 595 g/mol. The van der Waals surface area contributed by atoms with Crippen molar-refractivity contribution in [3.05, 3.63) is 12.7 Å². The van der Waals surface area contributed by atoms with Gasteiger partial charge in [-0.15, -0.1) is 18.3 Å². The summed E-state index contributed by atoms with van der Waals surface area (Å²) < 4.78 is 6.32. The van der Waals surface area contributed by atoms with E-state index < -0.39 is 53.7 Å². The molecule has 0 radical (unpaired) electrons. The number of hydrogen-bond donors (Lipinski definition) is 5. The number of aliphatic hydroxyl groups is 3. The molecule has 4 aliphatic rings. The van der Waals surface area contributed by atoms with Gasteiger partial charge in [0.25, 0.3) is 0 Å². The Kier molecular flexibility index (Phi) is 9.71. The summed E-state index contributed by atoms with van der Waals surface area (Å²) >= 11 is 1.31. The molecule has 10 heteroatoms. The van der Waals surface area contributed by atoms with Crippen LogP contribution in [-0.4, -0.2) is 81.0 Å². The Morgan fingerprint density at radius 3 is 2.59 bits per heavy atom. The van der Waals surface area contributed by atoms with Crippen LogP contribution >= 0.6 is 11.8 Å². The fourth-order valence-corrected chi connectivity index (χ4v) is 9.83. The maximum atomic E-state index is 13.6. The fraction of sp³-hybridized carbons (Fsp3) is 0.839. The summed E-state index contributed by atoms with van der Waals surface area (Å²) in [5.74, 6) is -0.824. The van der Waals surface area contributed by atoms with Crippen molar-refractivity contribution in [1.29, 1.82) is 0 Å². The summed E-state index contributed by atoms with van der Waals surface area (Å²) in [6, 6.07) is -1.20. The molecule has 4 fully saturated rings. The molecule has 0 aromatic carbocycles. The van der Waals surface area contributed by atoms with Crippen LogP contribution in [0.5, 0.6) is 0 Å². The quantitative estimate of drug-likeness (QED) is 0.210. The van der Waals surface area contributed by atoms with Crippen LogP contribution in [0.25, 0.3) is 0 Å². The fourth-order valence-electron chi connectivity index (χ4n) is 8.68. The number of ketones is 1. The number of amides is 1. The number of rotatable bonds is 8. The summed E-state index contributed by atoms with van der Waals surface area (Å²) in [6.07, 6.45) is 4.81. The molecule has 0 aliphatic heterocycles. The van der Waals surface area contributed by atoms with Crippen molar-refractivity contribution < 1.29 is 34.4 Å². The molecule has 41 heavy (non-hydrogen) atoms. The molecule has 0 aromatic rings. The monoisotopic (exact) mass is 594 g/mol. The maximum absolute atomic E-state index is 13.6. The second kappa shape index (κ2) is 12.3. The summed E-state index contributed by atoms with van der Waals surface area (Å²) in [5, 5.41) is 34.0. The van der Waals surface area contributed by atoms with Gasteiger partial charge in [0.15, 0.2) is 0 Å². The number of nitrogens with one attached hydrogen (secondary N) is 1. The molecule has 0 heterocycles. The lowest BCUT2D eigenvalue weighted by Gasteiger charge is -2.61. The zero-order chi connectivity index (χ0) is 30.3. The van der Waals surface area contributed by atoms with E-state index in [0.29, 0.717) is 32.1 Å². The number of ether oxygens (including phenoxy) is 1. The largest absolute Gasteiger partial charge is 0.461 e. The molecular weight excluding hydrogens is 544 g/mol. The predicted octanol–water partition coefficient (Wildman–Crippen LogP) is 2.34. The van der Waals surface area contributed by atoms with Crippen LogP contribution in [0.3, 0.4) is 0 Å². The minimum atomic E-state index is -0.997. The third-order valence-corrected chi connectivity index (χ3v) is 13.0. The molecule has 12 atom stereocenters. The number of aliphatic hydroxyl groups excluding tert-OH is 3. The molecule has 0 aromatic heterocycles. The average Bonchev–Trinajstić information content (AvgIpc) is 3.31. The van der Waals surface area contributed by atoms with Gasteiger partial charge in [0, 0.05) is 34.5 Å². The first-order chi connectivity index (χ1) is 19.2.